The molecular formula is C11H8O2. The number of fused-ring (bicyclic) bond motifs is 1. The van der Waals surface area contributed by atoms with Crippen LogP contribution < -0.4 is 10.4 Å². The van der Waals surface area contributed by atoms with Crippen molar-refractivity contribution in [2.45, 2.75) is 6.92 Å². The fraction of sp³-hybridized carbons (Fsp3) is 0.0909. The second kappa shape index (κ2) is 2.66. The van der Waals surface area contributed by atoms with Crippen LogP contribution in [-0.2, 0) is 9.59 Å². The van der Waals surface area contributed by atoms with E-state index in [1.54, 1.807) is 0 Å². The Morgan fingerprint density at radius 2 is 1.54 bits per heavy atom. The predicted octanol–water partition coefficient (Wildman–Crippen LogP) is -0.292. The summed E-state index contributed by atoms with van der Waals surface area (Å²) in [6.45, 7) is 1.95. The molecular weight excluding hydrogens is 164 g/mol. The number of benzene rings is 1. The summed E-state index contributed by atoms with van der Waals surface area (Å²) in [5.41, 5.74) is 1.09. The largest absolute Gasteiger partial charge is 0.286 e. The van der Waals surface area contributed by atoms with E-state index in [0.29, 0.717) is 0 Å². The highest BCUT2D eigenvalue weighted by molar-refractivity contribution is 6.57. The molecule has 0 radical (unpaired) electrons. The van der Waals surface area contributed by atoms with E-state index >= 15 is 0 Å². The smallest absolute Gasteiger partial charge is 0.226 e. The van der Waals surface area contributed by atoms with Crippen molar-refractivity contribution in [3.63, 3.8) is 0 Å². The van der Waals surface area contributed by atoms with Crippen molar-refractivity contribution in [3.8, 4) is 0 Å². The summed E-state index contributed by atoms with van der Waals surface area (Å²) in [6.07, 6.45) is 2.78. The lowest BCUT2D eigenvalue weighted by atomic mass is 10.0. The van der Waals surface area contributed by atoms with E-state index in [1.807, 2.05) is 25.1 Å². The van der Waals surface area contributed by atoms with Crippen molar-refractivity contribution in [1.29, 1.82) is 0 Å². The Balaban J connectivity index is 2.85. The Morgan fingerprint density at radius 3 is 2.23 bits per heavy atom. The molecule has 0 aromatic heterocycles. The van der Waals surface area contributed by atoms with E-state index in [2.05, 4.69) is 0 Å². The summed E-state index contributed by atoms with van der Waals surface area (Å²) >= 11 is 0. The van der Waals surface area contributed by atoms with Gasteiger partial charge >= 0.3 is 0 Å². The summed E-state index contributed by atoms with van der Waals surface area (Å²) < 4.78 is 0. The SMILES string of the molecule is Cc1ccc2c(c1)=CC(=O)C(=O)C=2. The van der Waals surface area contributed by atoms with Gasteiger partial charge in [0.1, 0.15) is 0 Å². The maximum absolute atomic E-state index is 11.0. The van der Waals surface area contributed by atoms with Gasteiger partial charge in [0.05, 0.1) is 0 Å². The maximum Gasteiger partial charge on any atom is 0.226 e. The first kappa shape index (κ1) is 7.92. The number of carbonyl (C=O) groups excluding carboxylic acids is 2. The van der Waals surface area contributed by atoms with Crippen LogP contribution in [0.25, 0.3) is 12.2 Å². The molecule has 0 spiro atoms. The highest BCUT2D eigenvalue weighted by Crippen LogP contribution is 1.91. The van der Waals surface area contributed by atoms with Gasteiger partial charge in [0.25, 0.3) is 0 Å². The van der Waals surface area contributed by atoms with Crippen LogP contribution in [0.2, 0.25) is 0 Å². The van der Waals surface area contributed by atoms with Gasteiger partial charge in [-0.3, -0.25) is 9.59 Å². The number of carbonyl (C=O) groups is 2. The number of Topliss-reactive ketones (excluding diaryl/α,β-unsaturated/α-hetero) is 2. The van der Waals surface area contributed by atoms with Crippen LogP contribution in [0.4, 0.5) is 0 Å². The molecule has 2 rings (SSSR count). The number of rotatable bonds is 0. The van der Waals surface area contributed by atoms with Crippen LogP contribution in [0.1, 0.15) is 5.56 Å². The summed E-state index contributed by atoms with van der Waals surface area (Å²) in [5, 5.41) is 1.67. The van der Waals surface area contributed by atoms with Crippen molar-refractivity contribution >= 4 is 23.7 Å². The normalized spacial score (nSPS) is 14.5. The van der Waals surface area contributed by atoms with Crippen molar-refractivity contribution in [3.05, 3.63) is 34.2 Å². The minimum atomic E-state index is -0.434. The van der Waals surface area contributed by atoms with Gasteiger partial charge in [0.2, 0.25) is 11.6 Å². The molecule has 1 aromatic rings. The second-order valence-electron chi connectivity index (χ2n) is 3.15. The third-order valence-electron chi connectivity index (χ3n) is 2.06. The number of ketones is 2. The zero-order chi connectivity index (χ0) is 9.42. The minimum absolute atomic E-state index is 0.432. The van der Waals surface area contributed by atoms with Crippen LogP contribution in [0, 0.1) is 6.92 Å². The predicted molar refractivity (Wildman–Crippen MR) is 49.4 cm³/mol. The molecule has 1 aromatic carbocycles. The fourth-order valence-electron chi connectivity index (χ4n) is 1.38. The summed E-state index contributed by atoms with van der Waals surface area (Å²) in [5.74, 6) is -0.866. The summed E-state index contributed by atoms with van der Waals surface area (Å²) in [4.78, 5) is 22.0. The van der Waals surface area contributed by atoms with Crippen molar-refractivity contribution in [2.24, 2.45) is 0 Å². The molecule has 0 aliphatic heterocycles. The van der Waals surface area contributed by atoms with Gasteiger partial charge < -0.3 is 0 Å². The van der Waals surface area contributed by atoms with Gasteiger partial charge in [-0.05, 0) is 29.5 Å². The first-order chi connectivity index (χ1) is 6.16. The van der Waals surface area contributed by atoms with Crippen molar-refractivity contribution in [2.75, 3.05) is 0 Å². The monoisotopic (exact) mass is 172 g/mol. The standard InChI is InChI=1S/C11H8O2/c1-7-2-3-8-5-10(12)11(13)6-9(8)4-7/h2-6H,1H3. The molecule has 0 N–H and O–H groups in total. The lowest BCUT2D eigenvalue weighted by Crippen LogP contribution is -2.33. The minimum Gasteiger partial charge on any atom is -0.286 e. The Hall–Kier alpha value is -1.70. The molecule has 1 aliphatic rings. The van der Waals surface area contributed by atoms with Gasteiger partial charge in [0, 0.05) is 0 Å². The molecule has 2 nitrogen and oxygen atoms in total. The van der Waals surface area contributed by atoms with E-state index in [9.17, 15) is 9.59 Å². The van der Waals surface area contributed by atoms with Gasteiger partial charge in [-0.15, -0.1) is 0 Å². The van der Waals surface area contributed by atoms with Gasteiger partial charge in [-0.25, -0.2) is 0 Å². The number of aryl methyl sites for hydroxylation is 1. The van der Waals surface area contributed by atoms with Crippen molar-refractivity contribution < 1.29 is 9.59 Å². The lowest BCUT2D eigenvalue weighted by Gasteiger charge is -1.98. The number of hydrogen-bond donors (Lipinski definition) is 0. The molecule has 13 heavy (non-hydrogen) atoms. The average Bonchev–Trinajstić information content (AvgIpc) is 2.08. The Labute approximate surface area is 75.2 Å². The highest BCUT2D eigenvalue weighted by Gasteiger charge is 2.10. The first-order valence-electron chi connectivity index (χ1n) is 4.05. The van der Waals surface area contributed by atoms with Crippen molar-refractivity contribution in [1.82, 2.24) is 0 Å². The van der Waals surface area contributed by atoms with Crippen LogP contribution in [-0.4, -0.2) is 11.6 Å². The van der Waals surface area contributed by atoms with E-state index < -0.39 is 11.6 Å². The molecule has 0 saturated heterocycles. The molecule has 0 amide bonds. The van der Waals surface area contributed by atoms with E-state index in [4.69, 9.17) is 0 Å². The Morgan fingerprint density at radius 1 is 0.923 bits per heavy atom. The molecule has 64 valence electrons. The Bertz CT molecular complexity index is 509. The molecule has 0 bridgehead atoms. The van der Waals surface area contributed by atoms with Crippen LogP contribution in [0.3, 0.4) is 0 Å². The molecule has 0 unspecified atom stereocenters. The average molecular weight is 172 g/mol. The Kier molecular flexibility index (Phi) is 1.62. The molecule has 2 heteroatoms. The quantitative estimate of drug-likeness (QED) is 0.504. The summed E-state index contributed by atoms with van der Waals surface area (Å²) in [6, 6.07) is 5.67. The third-order valence-corrected chi connectivity index (χ3v) is 2.06. The third kappa shape index (κ3) is 1.31. The molecule has 0 heterocycles. The first-order valence-corrected chi connectivity index (χ1v) is 4.05. The number of hydrogen-bond acceptors (Lipinski definition) is 2. The molecule has 1 aliphatic carbocycles. The highest BCUT2D eigenvalue weighted by atomic mass is 16.2. The summed E-state index contributed by atoms with van der Waals surface area (Å²) in [7, 11) is 0. The maximum atomic E-state index is 11.0. The topological polar surface area (TPSA) is 34.1 Å². The zero-order valence-electron chi connectivity index (χ0n) is 7.20. The van der Waals surface area contributed by atoms with Crippen LogP contribution in [0.5, 0.6) is 0 Å². The van der Waals surface area contributed by atoms with E-state index in [-0.39, 0.29) is 0 Å². The van der Waals surface area contributed by atoms with E-state index in [1.165, 1.54) is 12.2 Å². The lowest BCUT2D eigenvalue weighted by molar-refractivity contribution is -0.129. The molecule has 0 atom stereocenters. The molecule has 0 saturated carbocycles. The molecule has 0 fully saturated rings. The fourth-order valence-corrected chi connectivity index (χ4v) is 1.38. The van der Waals surface area contributed by atoms with Gasteiger partial charge in [-0.1, -0.05) is 23.8 Å². The zero-order valence-corrected chi connectivity index (χ0v) is 7.20. The second-order valence-corrected chi connectivity index (χ2v) is 3.15. The van der Waals surface area contributed by atoms with Gasteiger partial charge in [0.15, 0.2) is 0 Å². The van der Waals surface area contributed by atoms with Gasteiger partial charge in [-0.2, -0.15) is 0 Å². The van der Waals surface area contributed by atoms with Crippen LogP contribution >= 0.6 is 0 Å². The van der Waals surface area contributed by atoms with Crippen LogP contribution in [0.15, 0.2) is 18.2 Å². The van der Waals surface area contributed by atoms with E-state index in [0.717, 1.165) is 16.0 Å².